The molecular formula is C15H12N3O5-. The van der Waals surface area contributed by atoms with Gasteiger partial charge < -0.3 is 9.84 Å². The fraction of sp³-hybridized carbons (Fsp3) is 0.0667. The summed E-state index contributed by atoms with van der Waals surface area (Å²) in [5.41, 5.74) is 2.37. The Morgan fingerprint density at radius 2 is 1.96 bits per heavy atom. The fourth-order valence-corrected chi connectivity index (χ4v) is 1.72. The lowest BCUT2D eigenvalue weighted by Gasteiger charge is -2.08. The Morgan fingerprint density at radius 3 is 2.57 bits per heavy atom. The second-order valence-electron chi connectivity index (χ2n) is 4.41. The molecule has 1 N–H and O–H groups in total. The van der Waals surface area contributed by atoms with Crippen LogP contribution >= 0.6 is 0 Å². The van der Waals surface area contributed by atoms with Crippen molar-refractivity contribution in [1.82, 2.24) is 5.43 Å². The highest BCUT2D eigenvalue weighted by Gasteiger charge is 2.06. The molecule has 2 aromatic rings. The van der Waals surface area contributed by atoms with Crippen LogP contribution in [0, 0.1) is 10.1 Å². The number of nitro groups is 1. The number of hydrogen-bond acceptors (Lipinski definition) is 6. The van der Waals surface area contributed by atoms with Crippen LogP contribution in [0.15, 0.2) is 47.6 Å². The molecule has 0 aliphatic carbocycles. The Bertz CT molecular complexity index is 756. The molecule has 2 aromatic carbocycles. The van der Waals surface area contributed by atoms with Gasteiger partial charge in [-0.2, -0.15) is 5.10 Å². The molecule has 0 atom stereocenters. The lowest BCUT2D eigenvalue weighted by Crippen LogP contribution is -2.17. The van der Waals surface area contributed by atoms with Gasteiger partial charge in [-0.1, -0.05) is 11.8 Å². The third kappa shape index (κ3) is 4.03. The molecule has 1 amide bonds. The van der Waals surface area contributed by atoms with Crippen LogP contribution in [0.4, 0.5) is 5.69 Å². The van der Waals surface area contributed by atoms with E-state index in [9.17, 15) is 20.0 Å². The first-order chi connectivity index (χ1) is 11.0. The number of rotatable bonds is 5. The van der Waals surface area contributed by atoms with E-state index in [1.807, 2.05) is 0 Å². The molecule has 0 aliphatic rings. The van der Waals surface area contributed by atoms with Crippen molar-refractivity contribution in [3.05, 3.63) is 63.7 Å². The van der Waals surface area contributed by atoms with E-state index in [0.717, 1.165) is 24.4 Å². The normalized spacial score (nSPS) is 10.5. The maximum atomic E-state index is 11.8. The van der Waals surface area contributed by atoms with Crippen LogP contribution in [0.3, 0.4) is 0 Å². The van der Waals surface area contributed by atoms with Gasteiger partial charge in [-0.05, 0) is 29.8 Å². The summed E-state index contributed by atoms with van der Waals surface area (Å²) in [5.74, 6) is -0.308. The zero-order valence-electron chi connectivity index (χ0n) is 12.1. The lowest BCUT2D eigenvalue weighted by molar-refractivity contribution is -0.385. The SMILES string of the molecule is COc1ccc(C(=O)N/N=C\c2cc([N+](=O)[O-])ccc2[O-])cc1. The van der Waals surface area contributed by atoms with Gasteiger partial charge in [0.25, 0.3) is 11.6 Å². The highest BCUT2D eigenvalue weighted by atomic mass is 16.6. The Labute approximate surface area is 131 Å². The molecule has 2 rings (SSSR count). The van der Waals surface area contributed by atoms with Crippen molar-refractivity contribution in [1.29, 1.82) is 0 Å². The second kappa shape index (κ2) is 7.03. The highest BCUT2D eigenvalue weighted by Crippen LogP contribution is 2.19. The molecule has 0 unspecified atom stereocenters. The molecule has 0 aromatic heterocycles. The van der Waals surface area contributed by atoms with E-state index in [2.05, 4.69) is 10.5 Å². The minimum absolute atomic E-state index is 0.00855. The predicted molar refractivity (Wildman–Crippen MR) is 80.6 cm³/mol. The molecule has 23 heavy (non-hydrogen) atoms. The van der Waals surface area contributed by atoms with Gasteiger partial charge in [-0.25, -0.2) is 5.43 Å². The summed E-state index contributed by atoms with van der Waals surface area (Å²) in [4.78, 5) is 21.9. The van der Waals surface area contributed by atoms with E-state index in [0.29, 0.717) is 11.3 Å². The number of non-ortho nitro benzene ring substituents is 1. The van der Waals surface area contributed by atoms with E-state index in [-0.39, 0.29) is 11.3 Å². The zero-order chi connectivity index (χ0) is 16.8. The summed E-state index contributed by atoms with van der Waals surface area (Å²) in [5, 5.41) is 25.9. The maximum absolute atomic E-state index is 11.8. The number of carbonyl (C=O) groups excluding carboxylic acids is 1. The van der Waals surface area contributed by atoms with E-state index >= 15 is 0 Å². The van der Waals surface area contributed by atoms with Gasteiger partial charge in [-0.3, -0.25) is 14.9 Å². The molecule has 0 saturated carbocycles. The van der Waals surface area contributed by atoms with Crippen molar-refractivity contribution in [2.45, 2.75) is 0 Å². The van der Waals surface area contributed by atoms with Crippen LogP contribution in [-0.4, -0.2) is 24.2 Å². The van der Waals surface area contributed by atoms with E-state index in [4.69, 9.17) is 4.74 Å². The first-order valence-electron chi connectivity index (χ1n) is 6.44. The summed E-state index contributed by atoms with van der Waals surface area (Å²) in [7, 11) is 1.51. The summed E-state index contributed by atoms with van der Waals surface area (Å²) < 4.78 is 4.98. The quantitative estimate of drug-likeness (QED) is 0.509. The fourth-order valence-electron chi connectivity index (χ4n) is 1.72. The van der Waals surface area contributed by atoms with Crippen LogP contribution in [0.25, 0.3) is 0 Å². The van der Waals surface area contributed by atoms with E-state index < -0.39 is 16.6 Å². The van der Waals surface area contributed by atoms with Crippen molar-refractivity contribution < 1.29 is 19.6 Å². The third-order valence-electron chi connectivity index (χ3n) is 2.93. The first kappa shape index (κ1) is 16.0. The average molecular weight is 314 g/mol. The largest absolute Gasteiger partial charge is 0.872 e. The van der Waals surface area contributed by atoms with Gasteiger partial charge in [-0.15, -0.1) is 0 Å². The van der Waals surface area contributed by atoms with Crippen molar-refractivity contribution in [2.75, 3.05) is 7.11 Å². The van der Waals surface area contributed by atoms with Crippen molar-refractivity contribution in [3.63, 3.8) is 0 Å². The number of nitrogens with zero attached hydrogens (tertiary/aromatic N) is 2. The second-order valence-corrected chi connectivity index (χ2v) is 4.41. The minimum Gasteiger partial charge on any atom is -0.872 e. The monoisotopic (exact) mass is 314 g/mol. The molecule has 0 radical (unpaired) electrons. The van der Waals surface area contributed by atoms with Crippen LogP contribution in [0.1, 0.15) is 15.9 Å². The van der Waals surface area contributed by atoms with Crippen molar-refractivity contribution in [3.8, 4) is 11.5 Å². The molecule has 0 saturated heterocycles. The Balaban J connectivity index is 2.07. The first-order valence-corrected chi connectivity index (χ1v) is 6.44. The van der Waals surface area contributed by atoms with E-state index in [1.165, 1.54) is 7.11 Å². The Morgan fingerprint density at radius 1 is 1.26 bits per heavy atom. The number of ether oxygens (including phenoxy) is 1. The maximum Gasteiger partial charge on any atom is 0.271 e. The zero-order valence-corrected chi connectivity index (χ0v) is 12.1. The molecule has 0 aliphatic heterocycles. The number of benzene rings is 2. The smallest absolute Gasteiger partial charge is 0.271 e. The van der Waals surface area contributed by atoms with Gasteiger partial charge in [0.2, 0.25) is 0 Å². The lowest BCUT2D eigenvalue weighted by atomic mass is 10.2. The van der Waals surface area contributed by atoms with Gasteiger partial charge in [0, 0.05) is 17.7 Å². The van der Waals surface area contributed by atoms with Crippen LogP contribution in [0.5, 0.6) is 11.5 Å². The summed E-state index contributed by atoms with van der Waals surface area (Å²) >= 11 is 0. The molecule has 118 valence electrons. The number of carbonyl (C=O) groups is 1. The summed E-state index contributed by atoms with van der Waals surface area (Å²) in [6.45, 7) is 0. The summed E-state index contributed by atoms with van der Waals surface area (Å²) in [6, 6.07) is 9.61. The van der Waals surface area contributed by atoms with Crippen molar-refractivity contribution >= 4 is 17.8 Å². The third-order valence-corrected chi connectivity index (χ3v) is 2.93. The predicted octanol–water partition coefficient (Wildman–Crippen LogP) is 1.44. The molecule has 8 nitrogen and oxygen atoms in total. The number of nitro benzene ring substituents is 1. The number of hydrogen-bond donors (Lipinski definition) is 1. The molecule has 0 spiro atoms. The number of hydrazone groups is 1. The Kier molecular flexibility index (Phi) is 4.88. The van der Waals surface area contributed by atoms with Crippen LogP contribution < -0.4 is 15.3 Å². The number of nitrogens with one attached hydrogen (secondary N) is 1. The molecule has 8 heteroatoms. The van der Waals surface area contributed by atoms with Crippen LogP contribution in [-0.2, 0) is 0 Å². The average Bonchev–Trinajstić information content (AvgIpc) is 2.56. The molecule has 0 heterocycles. The summed E-state index contributed by atoms with van der Waals surface area (Å²) in [6.07, 6.45) is 1.07. The van der Waals surface area contributed by atoms with Gasteiger partial charge in [0.15, 0.2) is 0 Å². The van der Waals surface area contributed by atoms with Gasteiger partial charge in [0.05, 0.1) is 18.2 Å². The minimum atomic E-state index is -0.618. The highest BCUT2D eigenvalue weighted by molar-refractivity contribution is 5.95. The number of methoxy groups -OCH3 is 1. The van der Waals surface area contributed by atoms with Crippen molar-refractivity contribution in [2.24, 2.45) is 5.10 Å². The molecule has 0 fully saturated rings. The Hall–Kier alpha value is -3.42. The standard InChI is InChI=1S/C15H13N3O5/c1-23-13-5-2-10(3-6-13)15(20)17-16-9-11-8-12(18(21)22)4-7-14(11)19/h2-9,19H,1H3,(H,17,20)/p-1/b16-9-. The van der Waals surface area contributed by atoms with Gasteiger partial charge in [0.1, 0.15) is 5.75 Å². The van der Waals surface area contributed by atoms with Gasteiger partial charge >= 0.3 is 0 Å². The number of amides is 1. The van der Waals surface area contributed by atoms with E-state index in [1.54, 1.807) is 24.3 Å². The molecular weight excluding hydrogens is 302 g/mol. The molecule has 0 bridgehead atoms. The van der Waals surface area contributed by atoms with Crippen LogP contribution in [0.2, 0.25) is 0 Å². The topological polar surface area (TPSA) is 117 Å².